The molecule has 0 saturated heterocycles. The fourth-order valence-electron chi connectivity index (χ4n) is 2.63. The topological polar surface area (TPSA) is 84.8 Å². The van der Waals surface area contributed by atoms with Crippen LogP contribution in [0.15, 0.2) is 35.6 Å². The maximum absolute atomic E-state index is 12.3. The quantitative estimate of drug-likeness (QED) is 0.632. The van der Waals surface area contributed by atoms with Gasteiger partial charge in [-0.2, -0.15) is 5.10 Å². The summed E-state index contributed by atoms with van der Waals surface area (Å²) in [7, 11) is 3.45. The summed E-state index contributed by atoms with van der Waals surface area (Å²) in [5, 5.41) is 7.86. The van der Waals surface area contributed by atoms with Crippen LogP contribution in [-0.4, -0.2) is 45.1 Å². The van der Waals surface area contributed by atoms with E-state index < -0.39 is 0 Å². The molecule has 132 valence electrons. The molecule has 0 fully saturated rings. The van der Waals surface area contributed by atoms with Crippen molar-refractivity contribution in [3.63, 3.8) is 0 Å². The Balaban J connectivity index is 1.61. The number of aryl methyl sites for hydroxylation is 2. The fourth-order valence-corrected chi connectivity index (χ4v) is 3.33. The summed E-state index contributed by atoms with van der Waals surface area (Å²) >= 11 is 1.38. The first-order valence-corrected chi connectivity index (χ1v) is 8.90. The number of fused-ring (bicyclic) bond motifs is 1. The van der Waals surface area contributed by atoms with Crippen molar-refractivity contribution in [2.24, 2.45) is 7.05 Å². The molecular formula is C17H21N5O2S. The van der Waals surface area contributed by atoms with Crippen molar-refractivity contribution in [3.8, 4) is 0 Å². The summed E-state index contributed by atoms with van der Waals surface area (Å²) in [6.45, 7) is 2.43. The molecule has 0 aliphatic carbocycles. The molecule has 0 aliphatic heterocycles. The number of aromatic nitrogens is 4. The number of imidazole rings is 1. The monoisotopic (exact) mass is 359 g/mol. The molecule has 0 saturated carbocycles. The number of hydrogen-bond acceptors (Lipinski definition) is 5. The van der Waals surface area contributed by atoms with Crippen molar-refractivity contribution in [1.29, 1.82) is 0 Å². The molecule has 3 rings (SSSR count). The van der Waals surface area contributed by atoms with Crippen molar-refractivity contribution in [3.05, 3.63) is 41.7 Å². The molecule has 2 heterocycles. The van der Waals surface area contributed by atoms with Crippen LogP contribution in [0.2, 0.25) is 0 Å². The highest BCUT2D eigenvalue weighted by Crippen LogP contribution is 2.20. The van der Waals surface area contributed by atoms with Crippen LogP contribution in [-0.2, 0) is 16.6 Å². The highest BCUT2D eigenvalue weighted by molar-refractivity contribution is 7.99. The summed E-state index contributed by atoms with van der Waals surface area (Å²) < 4.78 is 6.95. The van der Waals surface area contributed by atoms with Gasteiger partial charge in [0.25, 0.3) is 0 Å². The third-order valence-corrected chi connectivity index (χ3v) is 4.71. The SMILES string of the molecule is COC[C@@H](NC(=O)CSc1nc2ccc(C)cc2[nH]1)c1ccnn1C. The lowest BCUT2D eigenvalue weighted by atomic mass is 10.2. The van der Waals surface area contributed by atoms with E-state index in [4.69, 9.17) is 4.74 Å². The van der Waals surface area contributed by atoms with E-state index in [9.17, 15) is 4.79 Å². The van der Waals surface area contributed by atoms with Gasteiger partial charge in [0.15, 0.2) is 5.16 Å². The normalized spacial score (nSPS) is 12.4. The highest BCUT2D eigenvalue weighted by atomic mass is 32.2. The van der Waals surface area contributed by atoms with E-state index in [1.807, 2.05) is 38.2 Å². The molecule has 0 unspecified atom stereocenters. The molecule has 2 N–H and O–H groups in total. The number of thioether (sulfide) groups is 1. The average molecular weight is 359 g/mol. The molecule has 0 spiro atoms. The number of methoxy groups -OCH3 is 1. The lowest BCUT2D eigenvalue weighted by Gasteiger charge is -2.18. The minimum atomic E-state index is -0.232. The molecule has 1 atom stereocenters. The number of carbonyl (C=O) groups is 1. The molecule has 0 aliphatic rings. The first kappa shape index (κ1) is 17.5. The number of ether oxygens (including phenoxy) is 1. The van der Waals surface area contributed by atoms with Gasteiger partial charge in [-0.1, -0.05) is 17.8 Å². The number of aromatic amines is 1. The Kier molecular flexibility index (Phi) is 5.40. The van der Waals surface area contributed by atoms with Gasteiger partial charge in [-0.15, -0.1) is 0 Å². The number of H-pyrrole nitrogens is 1. The Bertz CT molecular complexity index is 873. The molecule has 7 nitrogen and oxygen atoms in total. The van der Waals surface area contributed by atoms with Crippen molar-refractivity contribution < 1.29 is 9.53 Å². The van der Waals surface area contributed by atoms with Crippen molar-refractivity contribution in [1.82, 2.24) is 25.1 Å². The Labute approximate surface area is 150 Å². The number of carbonyl (C=O) groups excluding carboxylic acids is 1. The third-order valence-electron chi connectivity index (χ3n) is 3.84. The van der Waals surface area contributed by atoms with Gasteiger partial charge >= 0.3 is 0 Å². The number of amides is 1. The summed E-state index contributed by atoms with van der Waals surface area (Å²) in [6, 6.07) is 7.68. The molecule has 8 heteroatoms. The van der Waals surface area contributed by atoms with Crippen LogP contribution in [0.4, 0.5) is 0 Å². The lowest BCUT2D eigenvalue weighted by Crippen LogP contribution is -2.33. The van der Waals surface area contributed by atoms with E-state index >= 15 is 0 Å². The molecule has 3 aromatic rings. The minimum absolute atomic E-state index is 0.0788. The van der Waals surface area contributed by atoms with Crippen molar-refractivity contribution in [2.45, 2.75) is 18.1 Å². The van der Waals surface area contributed by atoms with Gasteiger partial charge in [0.1, 0.15) is 0 Å². The summed E-state index contributed by atoms with van der Waals surface area (Å²) in [6.07, 6.45) is 1.70. The maximum atomic E-state index is 12.3. The Hall–Kier alpha value is -2.32. The van der Waals surface area contributed by atoms with Gasteiger partial charge in [0.05, 0.1) is 35.1 Å². The van der Waals surface area contributed by atoms with Crippen molar-refractivity contribution in [2.75, 3.05) is 19.5 Å². The van der Waals surface area contributed by atoms with Crippen LogP contribution in [0.1, 0.15) is 17.3 Å². The van der Waals surface area contributed by atoms with E-state index in [0.29, 0.717) is 6.61 Å². The number of benzene rings is 1. The van der Waals surface area contributed by atoms with Gasteiger partial charge < -0.3 is 15.0 Å². The summed E-state index contributed by atoms with van der Waals surface area (Å²) in [4.78, 5) is 20.1. The smallest absolute Gasteiger partial charge is 0.231 e. The summed E-state index contributed by atoms with van der Waals surface area (Å²) in [5.74, 6) is 0.196. The highest BCUT2D eigenvalue weighted by Gasteiger charge is 2.18. The Morgan fingerprint density at radius 2 is 2.28 bits per heavy atom. The lowest BCUT2D eigenvalue weighted by molar-refractivity contribution is -0.119. The zero-order valence-corrected chi connectivity index (χ0v) is 15.3. The molecule has 25 heavy (non-hydrogen) atoms. The predicted molar refractivity (Wildman–Crippen MR) is 97.5 cm³/mol. The van der Waals surface area contributed by atoms with Crippen LogP contribution in [0.5, 0.6) is 0 Å². The maximum Gasteiger partial charge on any atom is 0.231 e. The number of hydrogen-bond donors (Lipinski definition) is 2. The van der Waals surface area contributed by atoms with Gasteiger partial charge in [0.2, 0.25) is 5.91 Å². The molecule has 1 aromatic carbocycles. The second-order valence-electron chi connectivity index (χ2n) is 5.81. The number of nitrogens with zero attached hydrogens (tertiary/aromatic N) is 3. The van der Waals surface area contributed by atoms with Crippen LogP contribution in [0.3, 0.4) is 0 Å². The fraction of sp³-hybridized carbons (Fsp3) is 0.353. The van der Waals surface area contributed by atoms with E-state index in [0.717, 1.165) is 21.9 Å². The van der Waals surface area contributed by atoms with Crippen LogP contribution in [0, 0.1) is 6.92 Å². The number of rotatable bonds is 7. The standard InChI is InChI=1S/C17H21N5O2S/c1-11-4-5-12-13(8-11)21-17(20-12)25-10-16(23)19-14(9-24-3)15-6-7-18-22(15)2/h4-8,14H,9-10H2,1-3H3,(H,19,23)(H,20,21)/t14-/m1/s1. The second-order valence-corrected chi connectivity index (χ2v) is 6.77. The van der Waals surface area contributed by atoms with Crippen LogP contribution in [0.25, 0.3) is 11.0 Å². The largest absolute Gasteiger partial charge is 0.382 e. The zero-order chi connectivity index (χ0) is 17.8. The average Bonchev–Trinajstić information content (AvgIpc) is 3.18. The van der Waals surface area contributed by atoms with Gasteiger partial charge in [-0.3, -0.25) is 9.48 Å². The molecular weight excluding hydrogens is 338 g/mol. The third kappa shape index (κ3) is 4.21. The number of nitrogens with one attached hydrogen (secondary N) is 2. The van der Waals surface area contributed by atoms with E-state index in [2.05, 4.69) is 20.4 Å². The van der Waals surface area contributed by atoms with Gasteiger partial charge in [-0.25, -0.2) is 4.98 Å². The zero-order valence-electron chi connectivity index (χ0n) is 14.4. The Morgan fingerprint density at radius 3 is 3.00 bits per heavy atom. The molecule has 1 amide bonds. The van der Waals surface area contributed by atoms with Crippen molar-refractivity contribution >= 4 is 28.7 Å². The minimum Gasteiger partial charge on any atom is -0.382 e. The van der Waals surface area contributed by atoms with E-state index in [1.54, 1.807) is 18.0 Å². The van der Waals surface area contributed by atoms with Crippen LogP contribution >= 0.6 is 11.8 Å². The second kappa shape index (κ2) is 7.71. The first-order chi connectivity index (χ1) is 12.1. The van der Waals surface area contributed by atoms with Crippen LogP contribution < -0.4 is 5.32 Å². The van der Waals surface area contributed by atoms with E-state index in [1.165, 1.54) is 17.3 Å². The molecule has 2 aromatic heterocycles. The van der Waals surface area contributed by atoms with Gasteiger partial charge in [0, 0.05) is 20.4 Å². The van der Waals surface area contributed by atoms with Gasteiger partial charge in [-0.05, 0) is 30.7 Å². The summed E-state index contributed by atoms with van der Waals surface area (Å²) in [5.41, 5.74) is 3.96. The first-order valence-electron chi connectivity index (χ1n) is 7.92. The molecule has 0 bridgehead atoms. The predicted octanol–water partition coefficient (Wildman–Crippen LogP) is 2.20. The van der Waals surface area contributed by atoms with E-state index in [-0.39, 0.29) is 17.7 Å². The Morgan fingerprint density at radius 1 is 1.44 bits per heavy atom. The molecule has 0 radical (unpaired) electrons.